The first-order chi connectivity index (χ1) is 11.6. The highest BCUT2D eigenvalue weighted by Crippen LogP contribution is 2.23. The van der Waals surface area contributed by atoms with E-state index in [0.29, 0.717) is 24.2 Å². The summed E-state index contributed by atoms with van der Waals surface area (Å²) in [5.41, 5.74) is 6.06. The molecule has 0 saturated carbocycles. The second-order valence-electron chi connectivity index (χ2n) is 5.48. The number of primary amides is 1. The van der Waals surface area contributed by atoms with E-state index >= 15 is 0 Å². The van der Waals surface area contributed by atoms with Gasteiger partial charge in [-0.1, -0.05) is 11.8 Å². The maximum atomic E-state index is 12.3. The fraction of sp³-hybridized carbons (Fsp3) is 0.400. The number of likely N-dealkylation sites (tertiary alicyclic amines) is 1. The second-order valence-corrected chi connectivity index (χ2v) is 6.41. The third-order valence-electron chi connectivity index (χ3n) is 3.81. The molecule has 9 heteroatoms. The number of pyridine rings is 1. The van der Waals surface area contributed by atoms with Gasteiger partial charge in [0.1, 0.15) is 0 Å². The molecule has 2 N–H and O–H groups in total. The summed E-state index contributed by atoms with van der Waals surface area (Å²) in [6.45, 7) is 1.04. The maximum absolute atomic E-state index is 12.3. The lowest BCUT2D eigenvalue weighted by molar-refractivity contribution is -0.132. The van der Waals surface area contributed by atoms with E-state index in [9.17, 15) is 9.59 Å². The molecule has 0 aromatic carbocycles. The highest BCUT2D eigenvalue weighted by atomic mass is 32.2. The van der Waals surface area contributed by atoms with Crippen LogP contribution in [0.3, 0.4) is 0 Å². The minimum absolute atomic E-state index is 0.0629. The molecule has 24 heavy (non-hydrogen) atoms. The molecule has 1 aliphatic rings. The van der Waals surface area contributed by atoms with Crippen molar-refractivity contribution in [3.63, 3.8) is 0 Å². The molecule has 0 bridgehead atoms. The summed E-state index contributed by atoms with van der Waals surface area (Å²) in [4.78, 5) is 29.2. The van der Waals surface area contributed by atoms with Gasteiger partial charge in [0.25, 0.3) is 5.22 Å². The number of thioether (sulfide) groups is 1. The molecule has 126 valence electrons. The summed E-state index contributed by atoms with van der Waals surface area (Å²) in [5, 5.41) is 8.20. The average Bonchev–Trinajstić information content (AvgIpc) is 3.09. The summed E-state index contributed by atoms with van der Waals surface area (Å²) in [6.07, 6.45) is 4.82. The molecule has 2 aromatic heterocycles. The van der Waals surface area contributed by atoms with Crippen LogP contribution >= 0.6 is 11.8 Å². The molecular formula is C15H17N5O3S. The number of aromatic nitrogens is 3. The van der Waals surface area contributed by atoms with Crippen LogP contribution in [0.4, 0.5) is 0 Å². The number of amides is 2. The lowest BCUT2D eigenvalue weighted by atomic mass is 9.97. The van der Waals surface area contributed by atoms with Gasteiger partial charge in [0, 0.05) is 25.5 Å². The van der Waals surface area contributed by atoms with Crippen molar-refractivity contribution in [2.24, 2.45) is 11.7 Å². The fourth-order valence-electron chi connectivity index (χ4n) is 2.52. The lowest BCUT2D eigenvalue weighted by Gasteiger charge is -2.31. The van der Waals surface area contributed by atoms with E-state index in [-0.39, 0.29) is 23.5 Å². The zero-order valence-electron chi connectivity index (χ0n) is 12.9. The molecule has 1 aliphatic heterocycles. The lowest BCUT2D eigenvalue weighted by Crippen LogP contribution is -2.44. The van der Waals surface area contributed by atoms with E-state index in [1.807, 2.05) is 6.07 Å². The standard InChI is InChI=1S/C15H17N5O3S/c16-13(22)11-4-2-6-20(8-11)12(21)9-24-15-19-18-14(23-15)10-3-1-5-17-7-10/h1,3,5,7,11H,2,4,6,8-9H2,(H2,16,22)/t11-/m0/s1. The average molecular weight is 347 g/mol. The Morgan fingerprint density at radius 2 is 2.29 bits per heavy atom. The number of rotatable bonds is 5. The van der Waals surface area contributed by atoms with Crippen molar-refractivity contribution in [3.05, 3.63) is 24.5 Å². The van der Waals surface area contributed by atoms with Gasteiger partial charge in [0.05, 0.1) is 17.2 Å². The summed E-state index contributed by atoms with van der Waals surface area (Å²) in [6, 6.07) is 3.60. The fourth-order valence-corrected chi connectivity index (χ4v) is 3.19. The van der Waals surface area contributed by atoms with Gasteiger partial charge in [-0.15, -0.1) is 10.2 Å². The Balaban J connectivity index is 1.55. The topological polar surface area (TPSA) is 115 Å². The molecular weight excluding hydrogens is 330 g/mol. The summed E-state index contributed by atoms with van der Waals surface area (Å²) in [5.74, 6) is -0.122. The van der Waals surface area contributed by atoms with Crippen LogP contribution in [-0.4, -0.2) is 50.7 Å². The number of hydrogen-bond donors (Lipinski definition) is 1. The van der Waals surface area contributed by atoms with Crippen molar-refractivity contribution in [3.8, 4) is 11.5 Å². The van der Waals surface area contributed by atoms with Gasteiger partial charge in [0.2, 0.25) is 17.7 Å². The number of nitrogens with zero attached hydrogens (tertiary/aromatic N) is 4. The van der Waals surface area contributed by atoms with Crippen LogP contribution in [0.1, 0.15) is 12.8 Å². The molecule has 0 spiro atoms. The quantitative estimate of drug-likeness (QED) is 0.801. The van der Waals surface area contributed by atoms with Gasteiger partial charge in [-0.2, -0.15) is 0 Å². The van der Waals surface area contributed by atoms with E-state index in [0.717, 1.165) is 18.4 Å². The van der Waals surface area contributed by atoms with E-state index < -0.39 is 0 Å². The molecule has 1 saturated heterocycles. The van der Waals surface area contributed by atoms with Crippen LogP contribution < -0.4 is 5.73 Å². The van der Waals surface area contributed by atoms with E-state index in [1.54, 1.807) is 23.4 Å². The smallest absolute Gasteiger partial charge is 0.277 e. The van der Waals surface area contributed by atoms with Crippen molar-refractivity contribution in [1.82, 2.24) is 20.1 Å². The molecule has 0 unspecified atom stereocenters. The van der Waals surface area contributed by atoms with Crippen LogP contribution in [-0.2, 0) is 9.59 Å². The first kappa shape index (κ1) is 16.4. The van der Waals surface area contributed by atoms with Gasteiger partial charge < -0.3 is 15.1 Å². The predicted molar refractivity (Wildman–Crippen MR) is 86.8 cm³/mol. The van der Waals surface area contributed by atoms with E-state index in [1.165, 1.54) is 11.8 Å². The van der Waals surface area contributed by atoms with Crippen molar-refractivity contribution in [2.75, 3.05) is 18.8 Å². The van der Waals surface area contributed by atoms with Crippen LogP contribution in [0.25, 0.3) is 11.5 Å². The normalized spacial score (nSPS) is 17.7. The number of carbonyl (C=O) groups is 2. The molecule has 0 radical (unpaired) electrons. The highest BCUT2D eigenvalue weighted by Gasteiger charge is 2.27. The molecule has 1 atom stereocenters. The molecule has 0 aliphatic carbocycles. The van der Waals surface area contributed by atoms with Crippen molar-refractivity contribution in [2.45, 2.75) is 18.1 Å². The Bertz CT molecular complexity index is 721. The van der Waals surface area contributed by atoms with Crippen molar-refractivity contribution in [1.29, 1.82) is 0 Å². The maximum Gasteiger partial charge on any atom is 0.277 e. The number of nitrogens with two attached hydrogens (primary N) is 1. The Kier molecular flexibility index (Phi) is 5.09. The Labute approximate surface area is 142 Å². The highest BCUT2D eigenvalue weighted by molar-refractivity contribution is 7.99. The third kappa shape index (κ3) is 3.91. The van der Waals surface area contributed by atoms with Crippen LogP contribution in [0.5, 0.6) is 0 Å². The van der Waals surface area contributed by atoms with E-state index in [4.69, 9.17) is 10.2 Å². The molecule has 2 amide bonds. The molecule has 3 heterocycles. The first-order valence-electron chi connectivity index (χ1n) is 7.57. The second kappa shape index (κ2) is 7.43. The number of piperidine rings is 1. The summed E-state index contributed by atoms with van der Waals surface area (Å²) in [7, 11) is 0. The molecule has 1 fully saturated rings. The summed E-state index contributed by atoms with van der Waals surface area (Å²) < 4.78 is 5.52. The van der Waals surface area contributed by atoms with Gasteiger partial charge in [-0.3, -0.25) is 14.6 Å². The Morgan fingerprint density at radius 3 is 3.04 bits per heavy atom. The van der Waals surface area contributed by atoms with Gasteiger partial charge >= 0.3 is 0 Å². The van der Waals surface area contributed by atoms with Gasteiger partial charge in [0.15, 0.2) is 0 Å². The van der Waals surface area contributed by atoms with Crippen molar-refractivity contribution < 1.29 is 14.0 Å². The largest absolute Gasteiger partial charge is 0.411 e. The monoisotopic (exact) mass is 347 g/mol. The minimum Gasteiger partial charge on any atom is -0.411 e. The zero-order valence-corrected chi connectivity index (χ0v) is 13.7. The zero-order chi connectivity index (χ0) is 16.9. The third-order valence-corrected chi connectivity index (χ3v) is 4.61. The Hall–Kier alpha value is -2.42. The van der Waals surface area contributed by atoms with E-state index in [2.05, 4.69) is 15.2 Å². The molecule has 8 nitrogen and oxygen atoms in total. The SMILES string of the molecule is NC(=O)[C@H]1CCCN(C(=O)CSc2nnc(-c3cccnc3)o2)C1. The van der Waals surface area contributed by atoms with Gasteiger partial charge in [-0.25, -0.2) is 0 Å². The Morgan fingerprint density at radius 1 is 1.42 bits per heavy atom. The van der Waals surface area contributed by atoms with Crippen LogP contribution in [0.15, 0.2) is 34.2 Å². The van der Waals surface area contributed by atoms with Crippen molar-refractivity contribution >= 4 is 23.6 Å². The first-order valence-corrected chi connectivity index (χ1v) is 8.56. The number of hydrogen-bond acceptors (Lipinski definition) is 7. The van der Waals surface area contributed by atoms with Crippen LogP contribution in [0, 0.1) is 5.92 Å². The van der Waals surface area contributed by atoms with Crippen LogP contribution in [0.2, 0.25) is 0 Å². The molecule has 2 aromatic rings. The number of carbonyl (C=O) groups excluding carboxylic acids is 2. The van der Waals surface area contributed by atoms with Gasteiger partial charge in [-0.05, 0) is 25.0 Å². The molecule has 3 rings (SSSR count). The predicted octanol–water partition coefficient (Wildman–Crippen LogP) is 0.948. The minimum atomic E-state index is -0.349. The summed E-state index contributed by atoms with van der Waals surface area (Å²) >= 11 is 1.18.